The molecule has 4 heteroatoms. The molecule has 1 aromatic rings. The molecule has 2 rings (SSSR count). The van der Waals surface area contributed by atoms with Gasteiger partial charge >= 0.3 is 0 Å². The molecule has 0 amide bonds. The zero-order valence-corrected chi connectivity index (χ0v) is 10.9. The Bertz CT molecular complexity index is 571. The summed E-state index contributed by atoms with van der Waals surface area (Å²) in [6.07, 6.45) is 0.605. The fraction of sp³-hybridized carbons (Fsp3) is 0.385. The van der Waals surface area contributed by atoms with Crippen molar-refractivity contribution in [2.24, 2.45) is 5.73 Å². The molecule has 0 unspecified atom stereocenters. The largest absolute Gasteiger partial charge is 0.330 e. The van der Waals surface area contributed by atoms with Gasteiger partial charge in [0.15, 0.2) is 0 Å². The summed E-state index contributed by atoms with van der Waals surface area (Å²) >= 11 is 0. The molecule has 0 aliphatic carbocycles. The van der Waals surface area contributed by atoms with E-state index in [1.807, 2.05) is 12.1 Å². The highest BCUT2D eigenvalue weighted by Gasteiger charge is 2.26. The number of benzene rings is 1. The number of hydrogen-bond acceptors (Lipinski definition) is 3. The van der Waals surface area contributed by atoms with Gasteiger partial charge in [0.1, 0.15) is 0 Å². The molecule has 92 valence electrons. The molecular formula is C13H17NO2S. The number of nitrogens with two attached hydrogens (primary N) is 1. The Morgan fingerprint density at radius 2 is 2.00 bits per heavy atom. The lowest BCUT2D eigenvalue weighted by Crippen LogP contribution is -2.00. The molecular weight excluding hydrogens is 234 g/mol. The molecule has 1 aliphatic heterocycles. The van der Waals surface area contributed by atoms with E-state index >= 15 is 0 Å². The minimum absolute atomic E-state index is 0.391. The topological polar surface area (TPSA) is 60.2 Å². The Morgan fingerprint density at radius 3 is 2.59 bits per heavy atom. The monoisotopic (exact) mass is 251 g/mol. The normalized spacial score (nSPS) is 17.1. The van der Waals surface area contributed by atoms with Gasteiger partial charge in [-0.05, 0) is 47.7 Å². The van der Waals surface area contributed by atoms with Gasteiger partial charge in [0.2, 0.25) is 9.84 Å². The van der Waals surface area contributed by atoms with Crippen LogP contribution in [-0.4, -0.2) is 15.0 Å². The molecule has 0 radical (unpaired) electrons. The highest BCUT2D eigenvalue weighted by atomic mass is 32.2. The fourth-order valence-electron chi connectivity index (χ4n) is 2.07. The van der Waals surface area contributed by atoms with Crippen LogP contribution in [0.2, 0.25) is 0 Å². The smallest absolute Gasteiger partial charge is 0.200 e. The molecule has 17 heavy (non-hydrogen) atoms. The van der Waals surface area contributed by atoms with E-state index in [0.717, 1.165) is 16.7 Å². The predicted molar refractivity (Wildman–Crippen MR) is 69.4 cm³/mol. The lowest BCUT2D eigenvalue weighted by molar-refractivity contribution is 0.605. The van der Waals surface area contributed by atoms with E-state index in [4.69, 9.17) is 5.73 Å². The van der Waals surface area contributed by atoms with Crippen LogP contribution in [0.1, 0.15) is 37.3 Å². The van der Waals surface area contributed by atoms with Crippen molar-refractivity contribution < 1.29 is 8.42 Å². The lowest BCUT2D eigenvalue weighted by Gasteiger charge is -2.09. The van der Waals surface area contributed by atoms with Crippen molar-refractivity contribution in [1.82, 2.24) is 0 Å². The van der Waals surface area contributed by atoms with E-state index in [-0.39, 0.29) is 0 Å². The summed E-state index contributed by atoms with van der Waals surface area (Å²) in [5.41, 5.74) is 8.35. The zero-order valence-electron chi connectivity index (χ0n) is 10.1. The summed E-state index contributed by atoms with van der Waals surface area (Å²) in [5.74, 6) is 0.391. The Morgan fingerprint density at radius 1 is 1.29 bits per heavy atom. The van der Waals surface area contributed by atoms with Gasteiger partial charge in [-0.15, -0.1) is 0 Å². The Labute approximate surface area is 102 Å². The molecule has 1 heterocycles. The molecule has 0 bridgehead atoms. The summed E-state index contributed by atoms with van der Waals surface area (Å²) in [5, 5.41) is 1.36. The number of fused-ring (bicyclic) bond motifs is 1. The fourth-order valence-corrected chi connectivity index (χ4v) is 3.57. The average molecular weight is 251 g/mol. The Kier molecular flexibility index (Phi) is 3.10. The van der Waals surface area contributed by atoms with E-state index in [9.17, 15) is 8.42 Å². The van der Waals surface area contributed by atoms with Gasteiger partial charge < -0.3 is 5.73 Å². The first-order valence-corrected chi connectivity index (χ1v) is 7.30. The van der Waals surface area contributed by atoms with Gasteiger partial charge in [0, 0.05) is 5.41 Å². The number of rotatable bonds is 3. The Hall–Kier alpha value is -1.13. The maximum atomic E-state index is 11.9. The summed E-state index contributed by atoms with van der Waals surface area (Å²) in [6, 6.07) is 5.58. The van der Waals surface area contributed by atoms with Crippen molar-refractivity contribution in [3.05, 3.63) is 34.7 Å². The molecule has 0 aromatic heterocycles. The minimum Gasteiger partial charge on any atom is -0.330 e. The van der Waals surface area contributed by atoms with Crippen LogP contribution >= 0.6 is 0 Å². The molecule has 2 N–H and O–H groups in total. The van der Waals surface area contributed by atoms with Gasteiger partial charge in [-0.2, -0.15) is 0 Å². The highest BCUT2D eigenvalue weighted by molar-refractivity contribution is 7.95. The van der Waals surface area contributed by atoms with Gasteiger partial charge in [-0.25, -0.2) is 8.42 Å². The second kappa shape index (κ2) is 4.27. The molecule has 0 spiro atoms. The maximum absolute atomic E-state index is 11.9. The van der Waals surface area contributed by atoms with Crippen molar-refractivity contribution in [2.75, 3.05) is 6.54 Å². The van der Waals surface area contributed by atoms with Gasteiger partial charge in [0.25, 0.3) is 0 Å². The zero-order chi connectivity index (χ0) is 12.6. The van der Waals surface area contributed by atoms with Crippen LogP contribution in [-0.2, 0) is 9.84 Å². The van der Waals surface area contributed by atoms with E-state index in [2.05, 4.69) is 13.8 Å². The maximum Gasteiger partial charge on any atom is 0.200 e. The van der Waals surface area contributed by atoms with Crippen LogP contribution < -0.4 is 5.73 Å². The molecule has 3 nitrogen and oxygen atoms in total. The average Bonchev–Trinajstić information content (AvgIpc) is 2.51. The first-order chi connectivity index (χ1) is 7.95. The molecule has 1 aromatic carbocycles. The van der Waals surface area contributed by atoms with Crippen molar-refractivity contribution in [2.45, 2.75) is 31.1 Å². The van der Waals surface area contributed by atoms with Crippen LogP contribution in [0.4, 0.5) is 0 Å². The quantitative estimate of drug-likeness (QED) is 0.896. The number of hydrogen-bond donors (Lipinski definition) is 1. The standard InChI is InChI=1S/C13H17NO2S/c1-9(2)10-3-4-13-12(7-10)11(5-6-14)8-17(13,15)16/h3-4,7-9H,5-6,14H2,1-2H3. The van der Waals surface area contributed by atoms with Crippen LogP contribution in [0.25, 0.3) is 5.57 Å². The molecule has 1 aliphatic rings. The van der Waals surface area contributed by atoms with Crippen LogP contribution in [0, 0.1) is 0 Å². The van der Waals surface area contributed by atoms with E-state index in [0.29, 0.717) is 23.8 Å². The second-order valence-electron chi connectivity index (χ2n) is 4.64. The highest BCUT2D eigenvalue weighted by Crippen LogP contribution is 2.36. The lowest BCUT2D eigenvalue weighted by atomic mass is 9.97. The number of sulfone groups is 1. The SMILES string of the molecule is CC(C)c1ccc2c(c1)C(CCN)=CS2(=O)=O. The van der Waals surface area contributed by atoms with Crippen molar-refractivity contribution in [3.63, 3.8) is 0 Å². The van der Waals surface area contributed by atoms with E-state index < -0.39 is 9.84 Å². The summed E-state index contributed by atoms with van der Waals surface area (Å²) < 4.78 is 23.8. The minimum atomic E-state index is -3.24. The van der Waals surface area contributed by atoms with Crippen molar-refractivity contribution in [1.29, 1.82) is 0 Å². The molecule has 0 saturated carbocycles. The van der Waals surface area contributed by atoms with Crippen molar-refractivity contribution >= 4 is 15.4 Å². The van der Waals surface area contributed by atoms with Crippen molar-refractivity contribution in [3.8, 4) is 0 Å². The molecule has 0 fully saturated rings. The third-order valence-electron chi connectivity index (χ3n) is 3.03. The first kappa shape index (κ1) is 12.3. The molecule has 0 saturated heterocycles. The third kappa shape index (κ3) is 2.15. The second-order valence-corrected chi connectivity index (χ2v) is 6.40. The summed E-state index contributed by atoms with van der Waals surface area (Å²) in [6.45, 7) is 4.65. The predicted octanol–water partition coefficient (Wildman–Crippen LogP) is 2.29. The van der Waals surface area contributed by atoms with Gasteiger partial charge in [-0.3, -0.25) is 0 Å². The molecule has 0 atom stereocenters. The van der Waals surface area contributed by atoms with Crippen LogP contribution in [0.5, 0.6) is 0 Å². The van der Waals surface area contributed by atoms with E-state index in [1.165, 1.54) is 5.41 Å². The summed E-state index contributed by atoms with van der Waals surface area (Å²) in [4.78, 5) is 0.422. The Balaban J connectivity index is 2.58. The van der Waals surface area contributed by atoms with Crippen LogP contribution in [0.15, 0.2) is 28.5 Å². The first-order valence-electron chi connectivity index (χ1n) is 5.76. The van der Waals surface area contributed by atoms with Crippen LogP contribution in [0.3, 0.4) is 0 Å². The summed E-state index contributed by atoms with van der Waals surface area (Å²) in [7, 11) is -3.24. The van der Waals surface area contributed by atoms with E-state index in [1.54, 1.807) is 6.07 Å². The van der Waals surface area contributed by atoms with Gasteiger partial charge in [-0.1, -0.05) is 19.9 Å². The van der Waals surface area contributed by atoms with Gasteiger partial charge in [0.05, 0.1) is 4.90 Å². The third-order valence-corrected chi connectivity index (χ3v) is 4.60.